The highest BCUT2D eigenvalue weighted by Crippen LogP contribution is 2.31. The molecule has 0 atom stereocenters. The van der Waals surface area contributed by atoms with E-state index in [-0.39, 0.29) is 0 Å². The molecule has 5 heteroatoms. The third kappa shape index (κ3) is 4.55. The lowest BCUT2D eigenvalue weighted by Crippen LogP contribution is -1.97. The Morgan fingerprint density at radius 3 is 2.70 bits per heavy atom. The summed E-state index contributed by atoms with van der Waals surface area (Å²) in [6, 6.07) is 17.8. The molecular formula is C22H20N2O2S. The van der Waals surface area contributed by atoms with Crippen molar-refractivity contribution in [2.45, 2.75) is 13.3 Å². The molecule has 0 aliphatic carbocycles. The summed E-state index contributed by atoms with van der Waals surface area (Å²) in [6.07, 6.45) is 2.75. The van der Waals surface area contributed by atoms with Crippen LogP contribution in [0.4, 0.5) is 0 Å². The van der Waals surface area contributed by atoms with E-state index in [9.17, 15) is 5.26 Å². The van der Waals surface area contributed by atoms with Gasteiger partial charge in [0, 0.05) is 10.9 Å². The largest absolute Gasteiger partial charge is 0.493 e. The average molecular weight is 376 g/mol. The minimum Gasteiger partial charge on any atom is -0.493 e. The number of ether oxygens (including phenoxy) is 2. The van der Waals surface area contributed by atoms with E-state index in [1.807, 2.05) is 60.0 Å². The van der Waals surface area contributed by atoms with Crippen molar-refractivity contribution in [1.29, 1.82) is 5.26 Å². The lowest BCUT2D eigenvalue weighted by molar-refractivity contribution is 0.294. The normalized spacial score (nSPS) is 11.1. The maximum atomic E-state index is 9.61. The van der Waals surface area contributed by atoms with E-state index < -0.39 is 0 Å². The third-order valence-electron chi connectivity index (χ3n) is 3.88. The number of nitrogens with zero attached hydrogens (tertiary/aromatic N) is 2. The molecule has 0 N–H and O–H groups in total. The molecule has 27 heavy (non-hydrogen) atoms. The average Bonchev–Trinajstić information content (AvgIpc) is 3.21. The minimum atomic E-state index is 0.520. The molecule has 0 spiro atoms. The molecule has 0 saturated heterocycles. The van der Waals surface area contributed by atoms with Gasteiger partial charge >= 0.3 is 0 Å². The van der Waals surface area contributed by atoms with E-state index >= 15 is 0 Å². The van der Waals surface area contributed by atoms with Gasteiger partial charge in [-0.05, 0) is 30.2 Å². The lowest BCUT2D eigenvalue weighted by Gasteiger charge is -2.10. The number of benzene rings is 2. The number of nitriles is 1. The number of methoxy groups -OCH3 is 1. The number of rotatable bonds is 7. The molecule has 0 aliphatic heterocycles. The fraction of sp³-hybridized carbons (Fsp3) is 0.182. The maximum absolute atomic E-state index is 9.61. The van der Waals surface area contributed by atoms with E-state index in [4.69, 9.17) is 9.47 Å². The molecule has 0 fully saturated rings. The fourth-order valence-electron chi connectivity index (χ4n) is 2.55. The zero-order chi connectivity index (χ0) is 19.1. The summed E-state index contributed by atoms with van der Waals surface area (Å²) in [7, 11) is 1.61. The molecule has 0 aliphatic rings. The van der Waals surface area contributed by atoms with Gasteiger partial charge in [-0.3, -0.25) is 0 Å². The van der Waals surface area contributed by atoms with Gasteiger partial charge < -0.3 is 9.47 Å². The van der Waals surface area contributed by atoms with Crippen LogP contribution in [0.2, 0.25) is 0 Å². The van der Waals surface area contributed by atoms with Gasteiger partial charge in [-0.2, -0.15) is 5.26 Å². The van der Waals surface area contributed by atoms with Crippen LogP contribution in [0.3, 0.4) is 0 Å². The topological polar surface area (TPSA) is 55.1 Å². The molecular weight excluding hydrogens is 356 g/mol. The minimum absolute atomic E-state index is 0.520. The highest BCUT2D eigenvalue weighted by molar-refractivity contribution is 7.11. The Hall–Kier alpha value is -3.10. The summed E-state index contributed by atoms with van der Waals surface area (Å²) < 4.78 is 11.1. The molecule has 1 heterocycles. The number of allylic oxidation sites excluding steroid dienone is 1. The first-order valence-electron chi connectivity index (χ1n) is 8.69. The van der Waals surface area contributed by atoms with Crippen molar-refractivity contribution in [3.63, 3.8) is 0 Å². The Morgan fingerprint density at radius 2 is 2.00 bits per heavy atom. The Labute approximate surface area is 163 Å². The summed E-state index contributed by atoms with van der Waals surface area (Å²) in [5.41, 5.74) is 3.30. The summed E-state index contributed by atoms with van der Waals surface area (Å²) >= 11 is 1.46. The van der Waals surface area contributed by atoms with E-state index in [0.29, 0.717) is 28.7 Å². The third-order valence-corrected chi connectivity index (χ3v) is 4.76. The molecule has 0 unspecified atom stereocenters. The predicted molar refractivity (Wildman–Crippen MR) is 110 cm³/mol. The Balaban J connectivity index is 1.89. The molecule has 0 amide bonds. The van der Waals surface area contributed by atoms with Gasteiger partial charge in [0.1, 0.15) is 11.1 Å². The molecule has 2 aromatic carbocycles. The van der Waals surface area contributed by atoms with Crippen LogP contribution in [-0.4, -0.2) is 18.7 Å². The molecule has 3 aromatic rings. The van der Waals surface area contributed by atoms with Crippen LogP contribution in [0.25, 0.3) is 22.9 Å². The van der Waals surface area contributed by atoms with Crippen molar-refractivity contribution in [3.05, 3.63) is 64.5 Å². The summed E-state index contributed by atoms with van der Waals surface area (Å²) in [5.74, 6) is 1.36. The fourth-order valence-corrected chi connectivity index (χ4v) is 3.35. The van der Waals surface area contributed by atoms with Gasteiger partial charge in [-0.1, -0.05) is 43.3 Å². The number of hydrogen-bond acceptors (Lipinski definition) is 5. The molecule has 4 nitrogen and oxygen atoms in total. The van der Waals surface area contributed by atoms with Gasteiger partial charge in [0.05, 0.1) is 25.0 Å². The first kappa shape index (κ1) is 18.7. The zero-order valence-corrected chi connectivity index (χ0v) is 16.1. The van der Waals surface area contributed by atoms with Crippen molar-refractivity contribution < 1.29 is 9.47 Å². The number of aromatic nitrogens is 1. The second-order valence-corrected chi connectivity index (χ2v) is 6.69. The van der Waals surface area contributed by atoms with Crippen LogP contribution in [0, 0.1) is 11.3 Å². The van der Waals surface area contributed by atoms with Crippen molar-refractivity contribution in [3.8, 4) is 28.8 Å². The van der Waals surface area contributed by atoms with Crippen LogP contribution in [-0.2, 0) is 0 Å². The van der Waals surface area contributed by atoms with Gasteiger partial charge in [-0.25, -0.2) is 4.98 Å². The van der Waals surface area contributed by atoms with Crippen LogP contribution in [0.15, 0.2) is 53.9 Å². The van der Waals surface area contributed by atoms with Gasteiger partial charge in [0.15, 0.2) is 11.5 Å². The molecule has 0 radical (unpaired) electrons. The van der Waals surface area contributed by atoms with E-state index in [0.717, 1.165) is 23.2 Å². The predicted octanol–water partition coefficient (Wildman–Crippen LogP) is 5.67. The standard InChI is InChI=1S/C22H20N2O2S/c1-3-11-26-20-10-9-16(13-21(20)25-2)12-18(14-23)22-24-19(15-27-22)17-7-5-4-6-8-17/h4-10,12-13,15H,3,11H2,1-2H3/b18-12+. The van der Waals surface area contributed by atoms with Gasteiger partial charge in [0.25, 0.3) is 0 Å². The number of thiazole rings is 1. The van der Waals surface area contributed by atoms with E-state index in [2.05, 4.69) is 18.0 Å². The van der Waals surface area contributed by atoms with Crippen LogP contribution < -0.4 is 9.47 Å². The smallest absolute Gasteiger partial charge is 0.161 e. The van der Waals surface area contributed by atoms with Crippen molar-refractivity contribution >= 4 is 23.0 Å². The summed E-state index contributed by atoms with van der Waals surface area (Å²) in [5, 5.41) is 12.3. The van der Waals surface area contributed by atoms with E-state index in [1.54, 1.807) is 7.11 Å². The Morgan fingerprint density at radius 1 is 1.19 bits per heavy atom. The summed E-state index contributed by atoms with van der Waals surface area (Å²) in [4.78, 5) is 4.62. The van der Waals surface area contributed by atoms with Crippen LogP contribution >= 0.6 is 11.3 Å². The molecule has 3 rings (SSSR count). The van der Waals surface area contributed by atoms with Crippen LogP contribution in [0.1, 0.15) is 23.9 Å². The molecule has 1 aromatic heterocycles. The van der Waals surface area contributed by atoms with Crippen molar-refractivity contribution in [2.75, 3.05) is 13.7 Å². The molecule has 0 bridgehead atoms. The van der Waals surface area contributed by atoms with Crippen LogP contribution in [0.5, 0.6) is 11.5 Å². The zero-order valence-electron chi connectivity index (χ0n) is 15.3. The highest BCUT2D eigenvalue weighted by atomic mass is 32.1. The monoisotopic (exact) mass is 376 g/mol. The maximum Gasteiger partial charge on any atom is 0.161 e. The van der Waals surface area contributed by atoms with Crippen molar-refractivity contribution in [2.24, 2.45) is 0 Å². The second-order valence-electron chi connectivity index (χ2n) is 5.83. The Kier molecular flexibility index (Phi) is 6.24. The van der Waals surface area contributed by atoms with E-state index in [1.165, 1.54) is 11.3 Å². The molecule has 0 saturated carbocycles. The quantitative estimate of drug-likeness (QED) is 0.498. The first-order chi connectivity index (χ1) is 13.2. The first-order valence-corrected chi connectivity index (χ1v) is 9.57. The van der Waals surface area contributed by atoms with Gasteiger partial charge in [-0.15, -0.1) is 11.3 Å². The highest BCUT2D eigenvalue weighted by Gasteiger charge is 2.10. The summed E-state index contributed by atoms with van der Waals surface area (Å²) in [6.45, 7) is 2.69. The molecule has 136 valence electrons. The SMILES string of the molecule is CCCOc1ccc(/C=C(\C#N)c2nc(-c3ccccc3)cs2)cc1OC. The van der Waals surface area contributed by atoms with Gasteiger partial charge in [0.2, 0.25) is 0 Å². The second kappa shape index (κ2) is 9.02. The lowest BCUT2D eigenvalue weighted by atomic mass is 10.1. The number of hydrogen-bond donors (Lipinski definition) is 0. The van der Waals surface area contributed by atoms with Crippen molar-refractivity contribution in [1.82, 2.24) is 4.98 Å². The Bertz CT molecular complexity index is 971.